The van der Waals surface area contributed by atoms with Gasteiger partial charge >= 0.3 is 0 Å². The van der Waals surface area contributed by atoms with Crippen LogP contribution < -0.4 is 10.6 Å². The van der Waals surface area contributed by atoms with E-state index >= 15 is 0 Å². The van der Waals surface area contributed by atoms with Gasteiger partial charge in [0, 0.05) is 44.8 Å². The number of halogens is 1. The third kappa shape index (κ3) is 8.57. The van der Waals surface area contributed by atoms with Gasteiger partial charge in [0.25, 0.3) is 0 Å². The van der Waals surface area contributed by atoms with Gasteiger partial charge in [-0.2, -0.15) is 0 Å². The number of guanidine groups is 1. The summed E-state index contributed by atoms with van der Waals surface area (Å²) in [6, 6.07) is 10.5. The molecule has 1 fully saturated rings. The van der Waals surface area contributed by atoms with E-state index in [0.717, 1.165) is 68.4 Å². The van der Waals surface area contributed by atoms with Crippen LogP contribution in [0.2, 0.25) is 0 Å². The normalized spacial score (nSPS) is 15.6. The summed E-state index contributed by atoms with van der Waals surface area (Å²) in [5, 5.41) is 7.03. The van der Waals surface area contributed by atoms with Crippen LogP contribution in [0.25, 0.3) is 0 Å². The maximum atomic E-state index is 5.40. The Balaban J connectivity index is 0.00000300. The van der Waals surface area contributed by atoms with Crippen LogP contribution in [0.4, 0.5) is 0 Å². The monoisotopic (exact) mass is 509 g/mol. The SMILES string of the molecule is C=C(C)CN=C(NCCc1ccco1)NC1CCN(Cc2ccccn2)CC1.I. The number of likely N-dealkylation sites (tertiary alicyclic amines) is 1. The average molecular weight is 509 g/mol. The Morgan fingerprint density at radius 3 is 2.76 bits per heavy atom. The van der Waals surface area contributed by atoms with Crippen molar-refractivity contribution in [1.82, 2.24) is 20.5 Å². The molecule has 2 aromatic rings. The van der Waals surface area contributed by atoms with Gasteiger partial charge in [0.1, 0.15) is 5.76 Å². The average Bonchev–Trinajstić information content (AvgIpc) is 3.22. The fraction of sp³-hybridized carbons (Fsp3) is 0.455. The van der Waals surface area contributed by atoms with Gasteiger partial charge in [-0.3, -0.25) is 9.88 Å². The number of hydrogen-bond acceptors (Lipinski definition) is 4. The fourth-order valence-electron chi connectivity index (χ4n) is 3.28. The van der Waals surface area contributed by atoms with Crippen molar-refractivity contribution >= 4 is 29.9 Å². The van der Waals surface area contributed by atoms with E-state index in [1.54, 1.807) is 6.26 Å². The topological polar surface area (TPSA) is 65.7 Å². The van der Waals surface area contributed by atoms with Crippen LogP contribution in [0.5, 0.6) is 0 Å². The summed E-state index contributed by atoms with van der Waals surface area (Å²) >= 11 is 0. The quantitative estimate of drug-likeness (QED) is 0.247. The van der Waals surface area contributed by atoms with Crippen molar-refractivity contribution < 1.29 is 4.42 Å². The van der Waals surface area contributed by atoms with Gasteiger partial charge in [-0.1, -0.05) is 18.2 Å². The molecule has 1 aliphatic rings. The van der Waals surface area contributed by atoms with E-state index in [-0.39, 0.29) is 24.0 Å². The molecule has 0 spiro atoms. The molecule has 158 valence electrons. The van der Waals surface area contributed by atoms with Crippen LogP contribution >= 0.6 is 24.0 Å². The number of hydrogen-bond donors (Lipinski definition) is 2. The lowest BCUT2D eigenvalue weighted by Crippen LogP contribution is -2.49. The van der Waals surface area contributed by atoms with Crippen LogP contribution in [0, 0.1) is 0 Å². The summed E-state index contributed by atoms with van der Waals surface area (Å²) in [7, 11) is 0. The molecule has 0 aliphatic carbocycles. The van der Waals surface area contributed by atoms with E-state index < -0.39 is 0 Å². The zero-order valence-electron chi connectivity index (χ0n) is 17.1. The molecule has 29 heavy (non-hydrogen) atoms. The number of pyridine rings is 1. The smallest absolute Gasteiger partial charge is 0.191 e. The molecular formula is C22H32IN5O. The molecule has 2 N–H and O–H groups in total. The lowest BCUT2D eigenvalue weighted by Gasteiger charge is -2.33. The summed E-state index contributed by atoms with van der Waals surface area (Å²) in [5.74, 6) is 1.84. The summed E-state index contributed by atoms with van der Waals surface area (Å²) in [6.07, 6.45) is 6.60. The predicted molar refractivity (Wildman–Crippen MR) is 129 cm³/mol. The molecule has 7 heteroatoms. The van der Waals surface area contributed by atoms with Gasteiger partial charge in [0.05, 0.1) is 18.5 Å². The van der Waals surface area contributed by atoms with Crippen molar-refractivity contribution in [3.05, 3.63) is 66.4 Å². The van der Waals surface area contributed by atoms with E-state index in [1.165, 1.54) is 0 Å². The number of nitrogens with one attached hydrogen (secondary N) is 2. The van der Waals surface area contributed by atoms with Crippen LogP contribution in [-0.2, 0) is 13.0 Å². The number of nitrogens with zero attached hydrogens (tertiary/aromatic N) is 3. The Morgan fingerprint density at radius 2 is 2.10 bits per heavy atom. The Morgan fingerprint density at radius 1 is 1.28 bits per heavy atom. The number of aliphatic imine (C=N–C) groups is 1. The van der Waals surface area contributed by atoms with Crippen LogP contribution in [0.3, 0.4) is 0 Å². The molecule has 3 heterocycles. The first-order valence-electron chi connectivity index (χ1n) is 10.0. The minimum atomic E-state index is 0. The highest BCUT2D eigenvalue weighted by Gasteiger charge is 2.20. The third-order valence-corrected chi connectivity index (χ3v) is 4.79. The van der Waals surface area contributed by atoms with Gasteiger partial charge in [-0.05, 0) is 44.0 Å². The van der Waals surface area contributed by atoms with Crippen molar-refractivity contribution in [3.63, 3.8) is 0 Å². The molecule has 1 saturated heterocycles. The summed E-state index contributed by atoms with van der Waals surface area (Å²) < 4.78 is 5.40. The largest absolute Gasteiger partial charge is 0.469 e. The maximum Gasteiger partial charge on any atom is 0.191 e. The van der Waals surface area contributed by atoms with Gasteiger partial charge in [0.2, 0.25) is 0 Å². The van der Waals surface area contributed by atoms with E-state index in [0.29, 0.717) is 12.6 Å². The number of furan rings is 1. The number of aromatic nitrogens is 1. The van der Waals surface area contributed by atoms with Crippen molar-refractivity contribution in [2.75, 3.05) is 26.2 Å². The van der Waals surface area contributed by atoms with Crippen LogP contribution in [-0.4, -0.2) is 48.1 Å². The standard InChI is InChI=1S/C22H31N5O.HI/c1-18(2)16-25-22(24-12-8-21-7-5-15-28-21)26-19-9-13-27(14-10-19)17-20-6-3-4-11-23-20;/h3-7,11,15,19H,1,8-10,12-14,16-17H2,2H3,(H2,24,25,26);1H. The first kappa shape index (κ1) is 23.4. The Bertz CT molecular complexity index is 740. The minimum absolute atomic E-state index is 0. The molecule has 6 nitrogen and oxygen atoms in total. The van der Waals surface area contributed by atoms with E-state index in [4.69, 9.17) is 4.42 Å². The highest BCUT2D eigenvalue weighted by atomic mass is 127. The minimum Gasteiger partial charge on any atom is -0.469 e. The van der Waals surface area contributed by atoms with Crippen molar-refractivity contribution in [3.8, 4) is 0 Å². The fourth-order valence-corrected chi connectivity index (χ4v) is 3.28. The first-order chi connectivity index (χ1) is 13.7. The molecule has 3 rings (SSSR count). The summed E-state index contributed by atoms with van der Waals surface area (Å²) in [6.45, 7) is 10.4. The summed E-state index contributed by atoms with van der Waals surface area (Å²) in [5.41, 5.74) is 2.19. The second kappa shape index (κ2) is 12.6. The second-order valence-electron chi connectivity index (χ2n) is 7.39. The van der Waals surface area contributed by atoms with Gasteiger partial charge < -0.3 is 15.1 Å². The molecule has 0 saturated carbocycles. The third-order valence-electron chi connectivity index (χ3n) is 4.79. The lowest BCUT2D eigenvalue weighted by molar-refractivity contribution is 0.196. The highest BCUT2D eigenvalue weighted by molar-refractivity contribution is 14.0. The number of piperidine rings is 1. The van der Waals surface area contributed by atoms with Gasteiger partial charge in [-0.25, -0.2) is 4.99 Å². The highest BCUT2D eigenvalue weighted by Crippen LogP contribution is 2.13. The second-order valence-corrected chi connectivity index (χ2v) is 7.39. The van der Waals surface area contributed by atoms with Crippen molar-refractivity contribution in [2.45, 2.75) is 38.8 Å². The molecular weight excluding hydrogens is 477 g/mol. The first-order valence-corrected chi connectivity index (χ1v) is 10.0. The summed E-state index contributed by atoms with van der Waals surface area (Å²) in [4.78, 5) is 11.6. The molecule has 0 radical (unpaired) electrons. The molecule has 0 aromatic carbocycles. The molecule has 0 amide bonds. The predicted octanol–water partition coefficient (Wildman–Crippen LogP) is 3.61. The molecule has 1 aliphatic heterocycles. The molecule has 2 aromatic heterocycles. The zero-order chi connectivity index (χ0) is 19.6. The van der Waals surface area contributed by atoms with Crippen molar-refractivity contribution in [1.29, 1.82) is 0 Å². The van der Waals surface area contributed by atoms with Crippen molar-refractivity contribution in [2.24, 2.45) is 4.99 Å². The Labute approximate surface area is 190 Å². The molecule has 0 bridgehead atoms. The molecule has 0 atom stereocenters. The number of rotatable bonds is 8. The van der Waals surface area contributed by atoms with E-state index in [1.807, 2.05) is 31.3 Å². The van der Waals surface area contributed by atoms with Gasteiger partial charge in [-0.15, -0.1) is 24.0 Å². The van der Waals surface area contributed by atoms with Crippen LogP contribution in [0.1, 0.15) is 31.2 Å². The Kier molecular flexibility index (Phi) is 10.2. The van der Waals surface area contributed by atoms with E-state index in [9.17, 15) is 0 Å². The Hall–Kier alpha value is -1.87. The van der Waals surface area contributed by atoms with E-state index in [2.05, 4.69) is 44.2 Å². The zero-order valence-corrected chi connectivity index (χ0v) is 19.5. The maximum absolute atomic E-state index is 5.40. The van der Waals surface area contributed by atoms with Crippen LogP contribution in [0.15, 0.2) is 64.4 Å². The lowest BCUT2D eigenvalue weighted by atomic mass is 10.0. The van der Waals surface area contributed by atoms with Gasteiger partial charge in [0.15, 0.2) is 5.96 Å². The molecule has 0 unspecified atom stereocenters.